The maximum atomic E-state index is 11.3. The highest BCUT2D eigenvalue weighted by atomic mass is 16.1. The van der Waals surface area contributed by atoms with Crippen LogP contribution in [-0.2, 0) is 4.79 Å². The summed E-state index contributed by atoms with van der Waals surface area (Å²) in [7, 11) is 0. The predicted molar refractivity (Wildman–Crippen MR) is 59.9 cm³/mol. The molecule has 0 aromatic carbocycles. The molecule has 0 aromatic rings. The fraction of sp³-hybridized carbons (Fsp3) is 0.909. The Morgan fingerprint density at radius 3 is 2.43 bits per heavy atom. The van der Waals surface area contributed by atoms with E-state index in [0.29, 0.717) is 6.54 Å². The molecule has 84 valence electrons. The van der Waals surface area contributed by atoms with Crippen LogP contribution in [0.15, 0.2) is 0 Å². The van der Waals surface area contributed by atoms with Gasteiger partial charge in [0.2, 0.25) is 5.91 Å². The third-order valence-corrected chi connectivity index (χ3v) is 2.31. The Morgan fingerprint density at radius 2 is 1.93 bits per heavy atom. The SMILES string of the molecule is CC(C)CCCCNC(=O)C(C)CN. The summed E-state index contributed by atoms with van der Waals surface area (Å²) in [6.07, 6.45) is 3.50. The van der Waals surface area contributed by atoms with E-state index in [9.17, 15) is 4.79 Å². The number of carbonyl (C=O) groups is 1. The molecule has 0 saturated carbocycles. The van der Waals surface area contributed by atoms with Gasteiger partial charge in [-0.05, 0) is 12.3 Å². The Morgan fingerprint density at radius 1 is 1.29 bits per heavy atom. The number of amides is 1. The zero-order valence-electron chi connectivity index (χ0n) is 9.68. The Bertz CT molecular complexity index is 157. The van der Waals surface area contributed by atoms with Gasteiger partial charge in [-0.1, -0.05) is 33.6 Å². The topological polar surface area (TPSA) is 55.1 Å². The Kier molecular flexibility index (Phi) is 7.48. The highest BCUT2D eigenvalue weighted by Crippen LogP contribution is 2.05. The smallest absolute Gasteiger partial charge is 0.224 e. The molecule has 0 rings (SSSR count). The molecule has 1 unspecified atom stereocenters. The van der Waals surface area contributed by atoms with Crippen LogP contribution in [0, 0.1) is 11.8 Å². The minimum atomic E-state index is -0.0555. The molecule has 14 heavy (non-hydrogen) atoms. The molecule has 0 aliphatic heterocycles. The van der Waals surface area contributed by atoms with Gasteiger partial charge in [-0.25, -0.2) is 0 Å². The van der Waals surface area contributed by atoms with Crippen LogP contribution < -0.4 is 11.1 Å². The van der Waals surface area contributed by atoms with Gasteiger partial charge >= 0.3 is 0 Å². The summed E-state index contributed by atoms with van der Waals surface area (Å²) in [5.41, 5.74) is 5.38. The van der Waals surface area contributed by atoms with Crippen molar-refractivity contribution in [3.8, 4) is 0 Å². The first-order valence-corrected chi connectivity index (χ1v) is 5.55. The van der Waals surface area contributed by atoms with Crippen molar-refractivity contribution in [1.82, 2.24) is 5.32 Å². The summed E-state index contributed by atoms with van der Waals surface area (Å²) in [5.74, 6) is 0.783. The summed E-state index contributed by atoms with van der Waals surface area (Å²) in [6, 6.07) is 0. The van der Waals surface area contributed by atoms with Gasteiger partial charge < -0.3 is 11.1 Å². The lowest BCUT2D eigenvalue weighted by molar-refractivity contribution is -0.124. The van der Waals surface area contributed by atoms with E-state index in [2.05, 4.69) is 19.2 Å². The van der Waals surface area contributed by atoms with Crippen molar-refractivity contribution < 1.29 is 4.79 Å². The second kappa shape index (κ2) is 7.80. The first-order valence-electron chi connectivity index (χ1n) is 5.55. The van der Waals surface area contributed by atoms with Crippen LogP contribution in [0.2, 0.25) is 0 Å². The molecule has 0 fully saturated rings. The van der Waals surface area contributed by atoms with Crippen molar-refractivity contribution in [1.29, 1.82) is 0 Å². The summed E-state index contributed by atoms with van der Waals surface area (Å²) in [6.45, 7) is 7.50. The average Bonchev–Trinajstić information content (AvgIpc) is 2.15. The molecule has 1 atom stereocenters. The maximum Gasteiger partial charge on any atom is 0.224 e. The first-order chi connectivity index (χ1) is 6.57. The zero-order valence-corrected chi connectivity index (χ0v) is 9.68. The van der Waals surface area contributed by atoms with Crippen LogP contribution in [-0.4, -0.2) is 19.0 Å². The van der Waals surface area contributed by atoms with E-state index in [1.807, 2.05) is 6.92 Å². The van der Waals surface area contributed by atoms with E-state index in [-0.39, 0.29) is 11.8 Å². The van der Waals surface area contributed by atoms with Crippen molar-refractivity contribution >= 4 is 5.91 Å². The second-order valence-electron chi connectivity index (χ2n) is 4.32. The molecular weight excluding hydrogens is 176 g/mol. The predicted octanol–water partition coefficient (Wildman–Crippen LogP) is 1.52. The molecular formula is C11H24N2O. The van der Waals surface area contributed by atoms with Gasteiger partial charge in [0.1, 0.15) is 0 Å². The van der Waals surface area contributed by atoms with Crippen molar-refractivity contribution in [2.45, 2.75) is 40.0 Å². The van der Waals surface area contributed by atoms with Gasteiger partial charge in [0.25, 0.3) is 0 Å². The van der Waals surface area contributed by atoms with Crippen LogP contribution in [0.3, 0.4) is 0 Å². The molecule has 0 aromatic heterocycles. The summed E-state index contributed by atoms with van der Waals surface area (Å²) >= 11 is 0. The molecule has 1 amide bonds. The van der Waals surface area contributed by atoms with E-state index < -0.39 is 0 Å². The molecule has 0 aliphatic carbocycles. The van der Waals surface area contributed by atoms with E-state index in [0.717, 1.165) is 18.9 Å². The first kappa shape index (κ1) is 13.4. The Balaban J connectivity index is 3.32. The number of unbranched alkanes of at least 4 members (excludes halogenated alkanes) is 1. The Labute approximate surface area is 87.4 Å². The quantitative estimate of drug-likeness (QED) is 0.612. The number of nitrogens with one attached hydrogen (secondary N) is 1. The monoisotopic (exact) mass is 200 g/mol. The average molecular weight is 200 g/mol. The molecule has 0 aliphatic rings. The van der Waals surface area contributed by atoms with Crippen LogP contribution in [0.4, 0.5) is 0 Å². The number of hydrogen-bond acceptors (Lipinski definition) is 2. The van der Waals surface area contributed by atoms with E-state index in [1.165, 1.54) is 12.8 Å². The van der Waals surface area contributed by atoms with Gasteiger partial charge in [0.05, 0.1) is 0 Å². The third kappa shape index (κ3) is 6.89. The highest BCUT2D eigenvalue weighted by molar-refractivity contribution is 5.78. The second-order valence-corrected chi connectivity index (χ2v) is 4.32. The molecule has 0 bridgehead atoms. The van der Waals surface area contributed by atoms with Crippen LogP contribution in [0.25, 0.3) is 0 Å². The van der Waals surface area contributed by atoms with Gasteiger partial charge in [0, 0.05) is 19.0 Å². The minimum Gasteiger partial charge on any atom is -0.356 e. The summed E-state index contributed by atoms with van der Waals surface area (Å²) in [5, 5.41) is 2.89. The van der Waals surface area contributed by atoms with Crippen LogP contribution in [0.1, 0.15) is 40.0 Å². The fourth-order valence-corrected chi connectivity index (χ4v) is 1.17. The molecule has 3 heteroatoms. The van der Waals surface area contributed by atoms with Crippen LogP contribution >= 0.6 is 0 Å². The lowest BCUT2D eigenvalue weighted by Gasteiger charge is -2.10. The lowest BCUT2D eigenvalue weighted by atomic mass is 10.1. The maximum absolute atomic E-state index is 11.3. The van der Waals surface area contributed by atoms with E-state index in [1.54, 1.807) is 0 Å². The molecule has 0 saturated heterocycles. The van der Waals surface area contributed by atoms with Crippen LogP contribution in [0.5, 0.6) is 0 Å². The molecule has 3 nitrogen and oxygen atoms in total. The van der Waals surface area contributed by atoms with Gasteiger partial charge in [-0.3, -0.25) is 4.79 Å². The zero-order chi connectivity index (χ0) is 11.0. The third-order valence-electron chi connectivity index (χ3n) is 2.31. The molecule has 0 radical (unpaired) electrons. The molecule has 0 spiro atoms. The van der Waals surface area contributed by atoms with Crippen molar-refractivity contribution in [3.05, 3.63) is 0 Å². The Hall–Kier alpha value is -0.570. The largest absolute Gasteiger partial charge is 0.356 e. The lowest BCUT2D eigenvalue weighted by Crippen LogP contribution is -2.33. The van der Waals surface area contributed by atoms with E-state index >= 15 is 0 Å². The number of nitrogens with two attached hydrogens (primary N) is 1. The van der Waals surface area contributed by atoms with Gasteiger partial charge in [0.15, 0.2) is 0 Å². The van der Waals surface area contributed by atoms with Crippen molar-refractivity contribution in [2.24, 2.45) is 17.6 Å². The van der Waals surface area contributed by atoms with E-state index in [4.69, 9.17) is 5.73 Å². The normalized spacial score (nSPS) is 12.9. The number of hydrogen-bond donors (Lipinski definition) is 2. The molecule has 0 heterocycles. The van der Waals surface area contributed by atoms with Gasteiger partial charge in [-0.2, -0.15) is 0 Å². The van der Waals surface area contributed by atoms with Crippen molar-refractivity contribution in [2.75, 3.05) is 13.1 Å². The number of rotatable bonds is 7. The van der Waals surface area contributed by atoms with Crippen molar-refractivity contribution in [3.63, 3.8) is 0 Å². The van der Waals surface area contributed by atoms with Gasteiger partial charge in [-0.15, -0.1) is 0 Å². The highest BCUT2D eigenvalue weighted by Gasteiger charge is 2.08. The fourth-order valence-electron chi connectivity index (χ4n) is 1.17. The number of carbonyl (C=O) groups excluding carboxylic acids is 1. The minimum absolute atomic E-state index is 0.0555. The molecule has 3 N–H and O–H groups in total. The summed E-state index contributed by atoms with van der Waals surface area (Å²) in [4.78, 5) is 11.3. The standard InChI is InChI=1S/C11H24N2O/c1-9(2)6-4-5-7-13-11(14)10(3)8-12/h9-10H,4-8,12H2,1-3H3,(H,13,14). The summed E-state index contributed by atoms with van der Waals surface area (Å²) < 4.78 is 0.